The minimum Gasteiger partial charge on any atom is -0.497 e. The highest BCUT2D eigenvalue weighted by atomic mass is 16.5. The van der Waals surface area contributed by atoms with Crippen molar-refractivity contribution >= 4 is 28.2 Å². The predicted molar refractivity (Wildman–Crippen MR) is 136 cm³/mol. The molecule has 2 aromatic carbocycles. The second-order valence-corrected chi connectivity index (χ2v) is 9.31. The van der Waals surface area contributed by atoms with E-state index in [1.807, 2.05) is 36.4 Å². The van der Waals surface area contributed by atoms with Gasteiger partial charge >= 0.3 is 0 Å². The summed E-state index contributed by atoms with van der Waals surface area (Å²) < 4.78 is 5.38. The molecule has 2 heterocycles. The number of hydrogen-bond donors (Lipinski definition) is 1. The van der Waals surface area contributed by atoms with Crippen molar-refractivity contribution in [2.24, 2.45) is 5.92 Å². The van der Waals surface area contributed by atoms with E-state index in [0.717, 1.165) is 55.1 Å². The van der Waals surface area contributed by atoms with E-state index in [4.69, 9.17) is 4.74 Å². The van der Waals surface area contributed by atoms with Gasteiger partial charge in [-0.3, -0.25) is 4.79 Å². The third kappa shape index (κ3) is 4.79. The Labute approximate surface area is 201 Å². The highest BCUT2D eigenvalue weighted by Crippen LogP contribution is 2.29. The van der Waals surface area contributed by atoms with E-state index >= 15 is 0 Å². The summed E-state index contributed by atoms with van der Waals surface area (Å²) in [5, 5.41) is 13.9. The van der Waals surface area contributed by atoms with Crippen LogP contribution in [0.15, 0.2) is 48.5 Å². The SMILES string of the molecule is COc1cccc(N2CCN(c3nnc(C(=O)NCC4CCCCC4)c4ccccc34)CC2)c1. The van der Waals surface area contributed by atoms with Crippen LogP contribution in [0.2, 0.25) is 0 Å². The summed E-state index contributed by atoms with van der Waals surface area (Å²) in [5.41, 5.74) is 1.59. The molecule has 5 rings (SSSR count). The van der Waals surface area contributed by atoms with E-state index in [9.17, 15) is 4.79 Å². The van der Waals surface area contributed by atoms with Crippen LogP contribution < -0.4 is 19.9 Å². The molecule has 0 bridgehead atoms. The number of nitrogens with zero attached hydrogens (tertiary/aromatic N) is 4. The molecule has 178 valence electrons. The molecule has 1 saturated carbocycles. The number of amides is 1. The maximum atomic E-state index is 13.0. The van der Waals surface area contributed by atoms with Gasteiger partial charge in [-0.15, -0.1) is 10.2 Å². The van der Waals surface area contributed by atoms with Gasteiger partial charge in [0.15, 0.2) is 11.5 Å². The van der Waals surface area contributed by atoms with Crippen LogP contribution in [0.25, 0.3) is 10.8 Å². The lowest BCUT2D eigenvalue weighted by molar-refractivity contribution is 0.0939. The van der Waals surface area contributed by atoms with Crippen molar-refractivity contribution in [1.29, 1.82) is 0 Å². The van der Waals surface area contributed by atoms with Crippen LogP contribution in [0, 0.1) is 5.92 Å². The molecular formula is C27H33N5O2. The van der Waals surface area contributed by atoms with Crippen LogP contribution in [0.3, 0.4) is 0 Å². The van der Waals surface area contributed by atoms with E-state index in [0.29, 0.717) is 11.6 Å². The van der Waals surface area contributed by atoms with Crippen molar-refractivity contribution in [2.75, 3.05) is 49.6 Å². The van der Waals surface area contributed by atoms with E-state index < -0.39 is 0 Å². The molecule has 34 heavy (non-hydrogen) atoms. The monoisotopic (exact) mass is 459 g/mol. The lowest BCUT2D eigenvalue weighted by Crippen LogP contribution is -2.47. The number of methoxy groups -OCH3 is 1. The number of nitrogens with one attached hydrogen (secondary N) is 1. The second-order valence-electron chi connectivity index (χ2n) is 9.31. The van der Waals surface area contributed by atoms with Gasteiger partial charge in [-0.2, -0.15) is 0 Å². The predicted octanol–water partition coefficient (Wildman–Crippen LogP) is 4.28. The Morgan fingerprint density at radius 1 is 0.941 bits per heavy atom. The number of carbonyl (C=O) groups excluding carboxylic acids is 1. The summed E-state index contributed by atoms with van der Waals surface area (Å²) in [7, 11) is 1.70. The zero-order chi connectivity index (χ0) is 23.3. The minimum atomic E-state index is -0.122. The number of piperazine rings is 1. The van der Waals surface area contributed by atoms with Gasteiger partial charge < -0.3 is 19.9 Å². The number of rotatable bonds is 6. The molecule has 1 aromatic heterocycles. The average molecular weight is 460 g/mol. The van der Waals surface area contributed by atoms with Crippen LogP contribution in [0.5, 0.6) is 5.75 Å². The second kappa shape index (κ2) is 10.3. The highest BCUT2D eigenvalue weighted by molar-refractivity contribution is 6.07. The molecule has 2 aliphatic rings. The number of aromatic nitrogens is 2. The molecule has 7 heteroatoms. The van der Waals surface area contributed by atoms with Crippen molar-refractivity contribution in [3.63, 3.8) is 0 Å². The molecule has 3 aromatic rings. The summed E-state index contributed by atoms with van der Waals surface area (Å²) in [6.45, 7) is 4.16. The van der Waals surface area contributed by atoms with E-state index in [1.165, 1.54) is 37.8 Å². The van der Waals surface area contributed by atoms with E-state index in [1.54, 1.807) is 7.11 Å². The first kappa shape index (κ1) is 22.4. The van der Waals surface area contributed by atoms with Gasteiger partial charge in [0.1, 0.15) is 5.75 Å². The van der Waals surface area contributed by atoms with Crippen LogP contribution in [-0.4, -0.2) is 55.9 Å². The lowest BCUT2D eigenvalue weighted by atomic mass is 9.89. The molecule has 1 aliphatic carbocycles. The molecule has 0 atom stereocenters. The number of carbonyl (C=O) groups is 1. The van der Waals surface area contributed by atoms with Crippen molar-refractivity contribution in [3.8, 4) is 5.75 Å². The molecule has 1 saturated heterocycles. The van der Waals surface area contributed by atoms with Crippen molar-refractivity contribution in [1.82, 2.24) is 15.5 Å². The molecule has 1 aliphatic heterocycles. The van der Waals surface area contributed by atoms with Gasteiger partial charge in [-0.05, 0) is 30.9 Å². The van der Waals surface area contributed by atoms with Gasteiger partial charge in [0.2, 0.25) is 0 Å². The average Bonchev–Trinajstić information content (AvgIpc) is 2.92. The van der Waals surface area contributed by atoms with Gasteiger partial charge in [-0.25, -0.2) is 0 Å². The van der Waals surface area contributed by atoms with E-state index in [-0.39, 0.29) is 5.91 Å². The van der Waals surface area contributed by atoms with Crippen LogP contribution >= 0.6 is 0 Å². The number of hydrogen-bond acceptors (Lipinski definition) is 6. The van der Waals surface area contributed by atoms with Gasteiger partial charge in [0.05, 0.1) is 7.11 Å². The normalized spacial score (nSPS) is 17.1. The van der Waals surface area contributed by atoms with Crippen molar-refractivity contribution in [3.05, 3.63) is 54.2 Å². The zero-order valence-corrected chi connectivity index (χ0v) is 19.9. The first-order chi connectivity index (χ1) is 16.7. The summed E-state index contributed by atoms with van der Waals surface area (Å²) in [6, 6.07) is 16.2. The quantitative estimate of drug-likeness (QED) is 0.594. The summed E-state index contributed by atoms with van der Waals surface area (Å²) in [5.74, 6) is 2.18. The third-order valence-corrected chi connectivity index (χ3v) is 7.16. The Hall–Kier alpha value is -3.35. The topological polar surface area (TPSA) is 70.6 Å². The van der Waals surface area contributed by atoms with E-state index in [2.05, 4.69) is 37.4 Å². The Kier molecular flexibility index (Phi) is 6.79. The first-order valence-corrected chi connectivity index (χ1v) is 12.4. The fourth-order valence-corrected chi connectivity index (χ4v) is 5.19. The number of benzene rings is 2. The molecule has 1 amide bonds. The summed E-state index contributed by atoms with van der Waals surface area (Å²) >= 11 is 0. The largest absolute Gasteiger partial charge is 0.497 e. The fourth-order valence-electron chi connectivity index (χ4n) is 5.19. The molecule has 0 spiro atoms. The smallest absolute Gasteiger partial charge is 0.272 e. The molecule has 0 radical (unpaired) electrons. The van der Waals surface area contributed by atoms with Crippen LogP contribution in [0.1, 0.15) is 42.6 Å². The highest BCUT2D eigenvalue weighted by Gasteiger charge is 2.23. The Bertz CT molecular complexity index is 1140. The Morgan fingerprint density at radius 3 is 2.44 bits per heavy atom. The Morgan fingerprint density at radius 2 is 1.68 bits per heavy atom. The molecular weight excluding hydrogens is 426 g/mol. The number of ether oxygens (including phenoxy) is 1. The Balaban J connectivity index is 1.30. The summed E-state index contributed by atoms with van der Waals surface area (Å²) in [4.78, 5) is 17.6. The fraction of sp³-hybridized carbons (Fsp3) is 0.444. The lowest BCUT2D eigenvalue weighted by Gasteiger charge is -2.37. The first-order valence-electron chi connectivity index (χ1n) is 12.4. The van der Waals surface area contributed by atoms with Gasteiger partial charge in [-0.1, -0.05) is 49.6 Å². The standard InChI is InChI=1S/C27H33N5O2/c1-34-22-11-7-10-21(18-22)31-14-16-32(17-15-31)26-24-13-6-5-12-23(24)25(29-30-26)27(33)28-19-20-8-3-2-4-9-20/h5-7,10-13,18,20H,2-4,8-9,14-17,19H2,1H3,(H,28,33). The van der Waals surface area contributed by atoms with Gasteiger partial charge in [0, 0.05) is 55.2 Å². The zero-order valence-electron chi connectivity index (χ0n) is 19.9. The summed E-state index contributed by atoms with van der Waals surface area (Å²) in [6.07, 6.45) is 6.25. The number of anilines is 2. The van der Waals surface area contributed by atoms with Crippen molar-refractivity contribution < 1.29 is 9.53 Å². The minimum absolute atomic E-state index is 0.122. The molecule has 7 nitrogen and oxygen atoms in total. The maximum Gasteiger partial charge on any atom is 0.272 e. The maximum absolute atomic E-state index is 13.0. The molecule has 0 unspecified atom stereocenters. The van der Waals surface area contributed by atoms with Gasteiger partial charge in [0.25, 0.3) is 5.91 Å². The molecule has 2 fully saturated rings. The van der Waals surface area contributed by atoms with Crippen LogP contribution in [-0.2, 0) is 0 Å². The molecule has 1 N–H and O–H groups in total. The van der Waals surface area contributed by atoms with Crippen molar-refractivity contribution in [2.45, 2.75) is 32.1 Å². The third-order valence-electron chi connectivity index (χ3n) is 7.16. The van der Waals surface area contributed by atoms with Crippen LogP contribution in [0.4, 0.5) is 11.5 Å². The number of fused-ring (bicyclic) bond motifs is 1.